The van der Waals surface area contributed by atoms with Gasteiger partial charge in [0.2, 0.25) is 5.91 Å². The van der Waals surface area contributed by atoms with E-state index in [1.807, 2.05) is 19.1 Å². The van der Waals surface area contributed by atoms with E-state index < -0.39 is 27.6 Å². The highest BCUT2D eigenvalue weighted by Gasteiger charge is 2.51. The Labute approximate surface area is 188 Å². The van der Waals surface area contributed by atoms with Gasteiger partial charge in [-0.25, -0.2) is 13.2 Å². The highest BCUT2D eigenvalue weighted by atomic mass is 32.2. The van der Waals surface area contributed by atoms with Crippen LogP contribution < -0.4 is 10.0 Å². The summed E-state index contributed by atoms with van der Waals surface area (Å²) in [5.41, 5.74) is 1.19. The van der Waals surface area contributed by atoms with Gasteiger partial charge in [-0.15, -0.1) is 0 Å². The fourth-order valence-corrected chi connectivity index (χ4v) is 4.49. The first kappa shape index (κ1) is 26.2. The zero-order chi connectivity index (χ0) is 25.0. The second-order valence-corrected chi connectivity index (χ2v) is 9.10. The lowest BCUT2D eigenvalue weighted by Gasteiger charge is -2.16. The molecule has 0 atom stereocenters. The molecule has 1 aromatic heterocycles. The Balaban J connectivity index is 0.000000479. The van der Waals surface area contributed by atoms with E-state index in [4.69, 9.17) is 14.4 Å². The van der Waals surface area contributed by atoms with Crippen LogP contribution in [0.4, 0.5) is 18.9 Å². The first-order valence-electron chi connectivity index (χ1n) is 9.89. The molecular formula is C20H24F3N3O6S. The maximum atomic E-state index is 12.5. The summed E-state index contributed by atoms with van der Waals surface area (Å²) < 4.78 is 64.3. The van der Waals surface area contributed by atoms with Crippen molar-refractivity contribution in [2.24, 2.45) is 0 Å². The van der Waals surface area contributed by atoms with Gasteiger partial charge in [0.15, 0.2) is 10.7 Å². The number of hydrogen-bond donors (Lipinski definition) is 3. The summed E-state index contributed by atoms with van der Waals surface area (Å²) in [6.07, 6.45) is -2.57. The molecular weight excluding hydrogens is 467 g/mol. The van der Waals surface area contributed by atoms with E-state index in [1.54, 1.807) is 26.0 Å². The Bertz CT molecular complexity index is 1090. The van der Waals surface area contributed by atoms with Gasteiger partial charge in [-0.1, -0.05) is 24.2 Å². The Morgan fingerprint density at radius 1 is 1.18 bits per heavy atom. The van der Waals surface area contributed by atoms with Gasteiger partial charge in [0.05, 0.1) is 5.41 Å². The third-order valence-corrected chi connectivity index (χ3v) is 6.51. The van der Waals surface area contributed by atoms with Crippen LogP contribution in [0, 0.1) is 13.8 Å². The number of alkyl halides is 3. The molecule has 9 nitrogen and oxygen atoms in total. The van der Waals surface area contributed by atoms with Crippen molar-refractivity contribution in [3.63, 3.8) is 0 Å². The number of carboxylic acids is 1. The molecule has 1 aliphatic carbocycles. The van der Waals surface area contributed by atoms with Gasteiger partial charge in [0, 0.05) is 12.2 Å². The molecule has 3 rings (SSSR count). The van der Waals surface area contributed by atoms with Crippen LogP contribution in [-0.4, -0.2) is 43.3 Å². The lowest BCUT2D eigenvalue weighted by atomic mass is 9.95. The third-order valence-electron chi connectivity index (χ3n) is 4.89. The number of carbonyl (C=O) groups excluding carboxylic acids is 1. The van der Waals surface area contributed by atoms with Crippen molar-refractivity contribution < 1.29 is 40.8 Å². The van der Waals surface area contributed by atoms with Gasteiger partial charge in [-0.3, -0.25) is 9.52 Å². The fraction of sp³-hybridized carbons (Fsp3) is 0.450. The van der Waals surface area contributed by atoms with Crippen molar-refractivity contribution in [2.45, 2.75) is 56.5 Å². The van der Waals surface area contributed by atoms with Crippen LogP contribution in [-0.2, 0) is 25.0 Å². The quantitative estimate of drug-likeness (QED) is 0.540. The topological polar surface area (TPSA) is 139 Å². The second kappa shape index (κ2) is 9.81. The molecule has 0 saturated heterocycles. The van der Waals surface area contributed by atoms with Gasteiger partial charge < -0.3 is 14.9 Å². The molecule has 3 N–H and O–H groups in total. The standard InChI is InChI=1S/C18H23N3O4S.C2HF3O2/c1-4-11-19-17(22)18(9-10-18)14-5-7-15(8-6-14)21-26(23,24)16-12(2)20-25-13(16)3;3-2(4,5)1(6)7/h5-8,21H,4,9-11H2,1-3H3,(H,19,22);(H,6,7). The van der Waals surface area contributed by atoms with E-state index in [0.717, 1.165) is 24.8 Å². The number of sulfonamides is 1. The minimum atomic E-state index is -5.08. The molecule has 33 heavy (non-hydrogen) atoms. The minimum absolute atomic E-state index is 0.0448. The van der Waals surface area contributed by atoms with Gasteiger partial charge in [0.25, 0.3) is 10.0 Å². The van der Waals surface area contributed by atoms with Crippen molar-refractivity contribution >= 4 is 27.6 Å². The Kier molecular flexibility index (Phi) is 7.78. The normalized spacial score (nSPS) is 14.6. The molecule has 2 aromatic rings. The maximum absolute atomic E-state index is 12.5. The van der Waals surface area contributed by atoms with Crippen molar-refractivity contribution in [1.82, 2.24) is 10.5 Å². The summed E-state index contributed by atoms with van der Waals surface area (Å²) in [5, 5.41) is 13.8. The first-order valence-corrected chi connectivity index (χ1v) is 11.4. The lowest BCUT2D eigenvalue weighted by molar-refractivity contribution is -0.192. The number of nitrogens with zero attached hydrogens (tertiary/aromatic N) is 1. The van der Waals surface area contributed by atoms with Gasteiger partial charge in [-0.2, -0.15) is 13.2 Å². The van der Waals surface area contributed by atoms with Crippen molar-refractivity contribution in [2.75, 3.05) is 11.3 Å². The smallest absolute Gasteiger partial charge is 0.475 e. The van der Waals surface area contributed by atoms with Gasteiger partial charge >= 0.3 is 12.1 Å². The van der Waals surface area contributed by atoms with Crippen LogP contribution in [0.25, 0.3) is 0 Å². The number of rotatable bonds is 7. The summed E-state index contributed by atoms with van der Waals surface area (Å²) in [6.45, 7) is 5.82. The molecule has 1 heterocycles. The largest absolute Gasteiger partial charge is 0.490 e. The van der Waals surface area contributed by atoms with Crippen LogP contribution in [0.15, 0.2) is 33.7 Å². The Hall–Kier alpha value is -3.09. The van der Waals surface area contributed by atoms with Crippen LogP contribution >= 0.6 is 0 Å². The average Bonchev–Trinajstić information content (AvgIpc) is 3.45. The molecule has 0 aliphatic heterocycles. The van der Waals surface area contributed by atoms with Crippen molar-refractivity contribution in [3.8, 4) is 0 Å². The summed E-state index contributed by atoms with van der Waals surface area (Å²) in [5.74, 6) is -2.47. The molecule has 1 aromatic carbocycles. The number of nitrogens with one attached hydrogen (secondary N) is 2. The molecule has 13 heteroatoms. The van der Waals surface area contributed by atoms with E-state index in [0.29, 0.717) is 17.9 Å². The first-order chi connectivity index (χ1) is 15.2. The number of hydrogen-bond acceptors (Lipinski definition) is 6. The minimum Gasteiger partial charge on any atom is -0.475 e. The lowest BCUT2D eigenvalue weighted by Crippen LogP contribution is -2.35. The average molecular weight is 491 g/mol. The predicted octanol–water partition coefficient (Wildman–Crippen LogP) is 3.28. The molecule has 0 bridgehead atoms. The van der Waals surface area contributed by atoms with E-state index in [9.17, 15) is 26.4 Å². The van der Waals surface area contributed by atoms with Crippen LogP contribution in [0.5, 0.6) is 0 Å². The number of carboxylic acid groups (broad SMARTS) is 1. The molecule has 0 spiro atoms. The van der Waals surface area contributed by atoms with Crippen molar-refractivity contribution in [1.29, 1.82) is 0 Å². The van der Waals surface area contributed by atoms with E-state index >= 15 is 0 Å². The van der Waals surface area contributed by atoms with Crippen molar-refractivity contribution in [3.05, 3.63) is 41.3 Å². The summed E-state index contributed by atoms with van der Waals surface area (Å²) in [4.78, 5) is 21.3. The predicted molar refractivity (Wildman–Crippen MR) is 111 cm³/mol. The third kappa shape index (κ3) is 6.24. The maximum Gasteiger partial charge on any atom is 0.490 e. The molecule has 182 valence electrons. The number of aryl methyl sites for hydroxylation is 2. The number of benzene rings is 1. The SMILES string of the molecule is CCCNC(=O)C1(c2ccc(NS(=O)(=O)c3c(C)noc3C)cc2)CC1.O=C(O)C(F)(F)F. The van der Waals surface area contributed by atoms with Gasteiger partial charge in [0.1, 0.15) is 5.69 Å². The molecule has 0 radical (unpaired) electrons. The number of halogens is 3. The van der Waals surface area contributed by atoms with E-state index in [-0.39, 0.29) is 16.6 Å². The zero-order valence-electron chi connectivity index (χ0n) is 18.1. The highest BCUT2D eigenvalue weighted by molar-refractivity contribution is 7.92. The highest BCUT2D eigenvalue weighted by Crippen LogP contribution is 2.48. The van der Waals surface area contributed by atoms with Crippen LogP contribution in [0.3, 0.4) is 0 Å². The molecule has 1 amide bonds. The number of aliphatic carboxylic acids is 1. The Morgan fingerprint density at radius 2 is 1.73 bits per heavy atom. The summed E-state index contributed by atoms with van der Waals surface area (Å²) in [6, 6.07) is 6.98. The fourth-order valence-electron chi connectivity index (χ4n) is 3.10. The molecule has 1 saturated carbocycles. The zero-order valence-corrected chi connectivity index (χ0v) is 18.9. The molecule has 1 aliphatic rings. The number of amides is 1. The number of anilines is 1. The molecule has 1 fully saturated rings. The number of aromatic nitrogens is 1. The summed E-state index contributed by atoms with van der Waals surface area (Å²) in [7, 11) is -3.78. The molecule has 0 unspecified atom stereocenters. The second-order valence-electron chi connectivity index (χ2n) is 7.48. The van der Waals surface area contributed by atoms with Crippen LogP contribution in [0.2, 0.25) is 0 Å². The summed E-state index contributed by atoms with van der Waals surface area (Å²) >= 11 is 0. The number of carbonyl (C=O) groups is 2. The van der Waals surface area contributed by atoms with E-state index in [1.165, 1.54) is 0 Å². The van der Waals surface area contributed by atoms with Gasteiger partial charge in [-0.05, 0) is 50.8 Å². The van der Waals surface area contributed by atoms with E-state index in [2.05, 4.69) is 15.2 Å². The van der Waals surface area contributed by atoms with Crippen LogP contribution in [0.1, 0.15) is 43.2 Å². The monoisotopic (exact) mass is 491 g/mol. The Morgan fingerprint density at radius 3 is 2.12 bits per heavy atom.